The van der Waals surface area contributed by atoms with E-state index in [4.69, 9.17) is 14.5 Å². The van der Waals surface area contributed by atoms with Crippen molar-refractivity contribution < 1.29 is 14.3 Å². The van der Waals surface area contributed by atoms with Gasteiger partial charge in [0, 0.05) is 68.5 Å². The average molecular weight is 597 g/mol. The minimum Gasteiger partial charge on any atom is -0.497 e. The molecular weight excluding hydrogens is 556 g/mol. The molecule has 4 aromatic rings. The number of hydrogen-bond donors (Lipinski definition) is 2. The van der Waals surface area contributed by atoms with Crippen molar-refractivity contribution in [3.63, 3.8) is 0 Å². The number of nitrogens with zero attached hydrogens (tertiary/aromatic N) is 4. The van der Waals surface area contributed by atoms with Gasteiger partial charge in [-0.15, -0.1) is 0 Å². The number of carbonyl (C=O) groups excluding carboxylic acids is 1. The van der Waals surface area contributed by atoms with Gasteiger partial charge in [-0.25, -0.2) is 4.98 Å². The molecule has 2 aromatic heterocycles. The van der Waals surface area contributed by atoms with Crippen LogP contribution in [0.2, 0.25) is 0 Å². The van der Waals surface area contributed by atoms with Gasteiger partial charge in [-0.3, -0.25) is 9.59 Å². The second-order valence-electron chi connectivity index (χ2n) is 11.0. The summed E-state index contributed by atoms with van der Waals surface area (Å²) in [5, 5.41) is 7.18. The zero-order chi connectivity index (χ0) is 31.2. The van der Waals surface area contributed by atoms with E-state index in [0.29, 0.717) is 48.0 Å². The van der Waals surface area contributed by atoms with Crippen molar-refractivity contribution >= 4 is 34.0 Å². The SMILES string of the molecule is C=CC(=O)NCCCn1c(=O)c(-c2cc(OC)cc(OC)c2)cc2cnc(Nc3c(C)cccc3N3CCN(C)CC3)cc21. The van der Waals surface area contributed by atoms with E-state index in [9.17, 15) is 9.59 Å². The van der Waals surface area contributed by atoms with Crippen molar-refractivity contribution in [3.05, 3.63) is 83.3 Å². The van der Waals surface area contributed by atoms with Crippen molar-refractivity contribution in [2.75, 3.05) is 64.2 Å². The predicted octanol–water partition coefficient (Wildman–Crippen LogP) is 4.58. The van der Waals surface area contributed by atoms with Crippen molar-refractivity contribution in [1.29, 1.82) is 0 Å². The number of hydrogen-bond acceptors (Lipinski definition) is 8. The third-order valence-corrected chi connectivity index (χ3v) is 8.03. The van der Waals surface area contributed by atoms with Gasteiger partial charge < -0.3 is 34.5 Å². The highest BCUT2D eigenvalue weighted by atomic mass is 16.5. The second kappa shape index (κ2) is 13.6. The van der Waals surface area contributed by atoms with Crippen LogP contribution in [0.3, 0.4) is 0 Å². The minimum absolute atomic E-state index is 0.158. The molecule has 1 aliphatic rings. The minimum atomic E-state index is -0.246. The Morgan fingerprint density at radius 1 is 1.05 bits per heavy atom. The number of pyridine rings is 2. The third kappa shape index (κ3) is 6.70. The summed E-state index contributed by atoms with van der Waals surface area (Å²) in [5.74, 6) is 1.57. The van der Waals surface area contributed by atoms with Gasteiger partial charge in [0.15, 0.2) is 0 Å². The molecule has 1 saturated heterocycles. The molecule has 1 amide bonds. The standard InChI is InChI=1S/C34H40N6O4/c1-6-32(41)35-11-8-12-40-30-21-31(37-33-23(2)9-7-10-29(33)39-15-13-38(3)14-16-39)36-22-25(30)19-28(34(40)42)24-17-26(43-4)20-27(18-24)44-5/h6-7,9-10,17-22H,1,8,11-16H2,2-5H3,(H,35,41)(H,36,37). The Bertz CT molecular complexity index is 1700. The molecule has 10 nitrogen and oxygen atoms in total. The third-order valence-electron chi connectivity index (χ3n) is 8.03. The van der Waals surface area contributed by atoms with Gasteiger partial charge >= 0.3 is 0 Å². The van der Waals surface area contributed by atoms with Gasteiger partial charge in [0.25, 0.3) is 5.56 Å². The van der Waals surface area contributed by atoms with Crippen LogP contribution in [-0.4, -0.2) is 74.3 Å². The molecule has 3 heterocycles. The Hall–Kier alpha value is -4.83. The maximum absolute atomic E-state index is 14.1. The fourth-order valence-electron chi connectivity index (χ4n) is 5.51. The molecule has 230 valence electrons. The maximum atomic E-state index is 14.1. The lowest BCUT2D eigenvalue weighted by Crippen LogP contribution is -2.44. The molecule has 0 saturated carbocycles. The monoisotopic (exact) mass is 596 g/mol. The van der Waals surface area contributed by atoms with E-state index in [1.165, 1.54) is 6.08 Å². The highest BCUT2D eigenvalue weighted by molar-refractivity contribution is 5.88. The molecule has 0 bridgehead atoms. The van der Waals surface area contributed by atoms with E-state index >= 15 is 0 Å². The van der Waals surface area contributed by atoms with Gasteiger partial charge in [-0.2, -0.15) is 0 Å². The van der Waals surface area contributed by atoms with Gasteiger partial charge in [-0.1, -0.05) is 18.7 Å². The molecule has 0 unspecified atom stereocenters. The highest BCUT2D eigenvalue weighted by Crippen LogP contribution is 2.34. The lowest BCUT2D eigenvalue weighted by molar-refractivity contribution is -0.116. The predicted molar refractivity (Wildman–Crippen MR) is 177 cm³/mol. The Morgan fingerprint density at radius 2 is 1.77 bits per heavy atom. The first-order valence-electron chi connectivity index (χ1n) is 14.8. The van der Waals surface area contributed by atoms with E-state index < -0.39 is 0 Å². The summed E-state index contributed by atoms with van der Waals surface area (Å²) in [7, 11) is 5.31. The first-order chi connectivity index (χ1) is 21.3. The van der Waals surface area contributed by atoms with Crippen LogP contribution in [0, 0.1) is 6.92 Å². The number of ether oxygens (including phenoxy) is 2. The van der Waals surface area contributed by atoms with E-state index in [1.807, 2.05) is 24.3 Å². The molecule has 10 heteroatoms. The van der Waals surface area contributed by atoms with Crippen LogP contribution in [-0.2, 0) is 11.3 Å². The fourth-order valence-corrected chi connectivity index (χ4v) is 5.51. The molecule has 0 radical (unpaired) electrons. The molecule has 2 N–H and O–H groups in total. The molecule has 2 aromatic carbocycles. The molecule has 5 rings (SSSR count). The van der Waals surface area contributed by atoms with Crippen LogP contribution >= 0.6 is 0 Å². The largest absolute Gasteiger partial charge is 0.497 e. The number of methoxy groups -OCH3 is 2. The molecular formula is C34H40N6O4. The van der Waals surface area contributed by atoms with E-state index in [1.54, 1.807) is 31.0 Å². The number of amides is 1. The van der Waals surface area contributed by atoms with E-state index in [2.05, 4.69) is 59.2 Å². The van der Waals surface area contributed by atoms with E-state index in [0.717, 1.165) is 54.0 Å². The van der Waals surface area contributed by atoms with Crippen molar-refractivity contribution in [2.24, 2.45) is 0 Å². The Labute approximate surface area is 257 Å². The number of likely N-dealkylation sites (N-methyl/N-ethyl adjacent to an activating group) is 1. The summed E-state index contributed by atoms with van der Waals surface area (Å²) in [6.07, 6.45) is 3.58. The Balaban J connectivity index is 1.56. The number of carbonyl (C=O) groups is 1. The fraction of sp³-hybridized carbons (Fsp3) is 0.324. The Morgan fingerprint density at radius 3 is 2.45 bits per heavy atom. The normalized spacial score (nSPS) is 13.5. The topological polar surface area (TPSA) is 101 Å². The summed E-state index contributed by atoms with van der Waals surface area (Å²) in [4.78, 5) is 35.3. The van der Waals surface area contributed by atoms with Crippen LogP contribution in [0.4, 0.5) is 17.2 Å². The number of anilines is 3. The van der Waals surface area contributed by atoms with Crippen LogP contribution in [0.15, 0.2) is 72.2 Å². The molecule has 1 fully saturated rings. The van der Waals surface area contributed by atoms with Crippen molar-refractivity contribution in [2.45, 2.75) is 19.9 Å². The number of nitrogens with one attached hydrogen (secondary N) is 2. The molecule has 0 spiro atoms. The molecule has 1 aliphatic heterocycles. The van der Waals surface area contributed by atoms with Gasteiger partial charge in [0.2, 0.25) is 5.91 Å². The number of rotatable bonds is 11. The first kappa shape index (κ1) is 30.6. The molecule has 0 atom stereocenters. The second-order valence-corrected chi connectivity index (χ2v) is 11.0. The zero-order valence-corrected chi connectivity index (χ0v) is 25.9. The summed E-state index contributed by atoms with van der Waals surface area (Å²) in [6.45, 7) is 10.3. The Kier molecular flexibility index (Phi) is 9.50. The lowest BCUT2D eigenvalue weighted by Gasteiger charge is -2.35. The van der Waals surface area contributed by atoms with Crippen LogP contribution in [0.5, 0.6) is 11.5 Å². The van der Waals surface area contributed by atoms with Gasteiger partial charge in [0.05, 0.1) is 31.1 Å². The number of aromatic nitrogens is 2. The van der Waals surface area contributed by atoms with E-state index in [-0.39, 0.29) is 11.5 Å². The average Bonchev–Trinajstić information content (AvgIpc) is 3.04. The quantitative estimate of drug-likeness (QED) is 0.192. The van der Waals surface area contributed by atoms with Gasteiger partial charge in [-0.05, 0) is 61.9 Å². The van der Waals surface area contributed by atoms with Crippen molar-refractivity contribution in [1.82, 2.24) is 19.8 Å². The molecule has 44 heavy (non-hydrogen) atoms. The summed E-state index contributed by atoms with van der Waals surface area (Å²) < 4.78 is 12.7. The van der Waals surface area contributed by atoms with Crippen LogP contribution in [0.25, 0.3) is 22.0 Å². The van der Waals surface area contributed by atoms with Crippen LogP contribution < -0.4 is 30.6 Å². The van der Waals surface area contributed by atoms with Gasteiger partial charge in [0.1, 0.15) is 17.3 Å². The van der Waals surface area contributed by atoms with Crippen molar-refractivity contribution in [3.8, 4) is 22.6 Å². The molecule has 0 aliphatic carbocycles. The highest BCUT2D eigenvalue weighted by Gasteiger charge is 2.19. The number of para-hydroxylation sites is 1. The zero-order valence-electron chi connectivity index (χ0n) is 25.9. The number of fused-ring (bicyclic) bond motifs is 1. The van der Waals surface area contributed by atoms with Crippen LogP contribution in [0.1, 0.15) is 12.0 Å². The summed E-state index contributed by atoms with van der Waals surface area (Å²) >= 11 is 0. The number of aryl methyl sites for hydroxylation is 2. The maximum Gasteiger partial charge on any atom is 0.258 e. The summed E-state index contributed by atoms with van der Waals surface area (Å²) in [5.41, 5.74) is 5.03. The first-order valence-corrected chi connectivity index (χ1v) is 14.8. The lowest BCUT2D eigenvalue weighted by atomic mass is 10.0. The smallest absolute Gasteiger partial charge is 0.258 e. The number of piperazine rings is 1. The summed E-state index contributed by atoms with van der Waals surface area (Å²) in [6, 6.07) is 15.5. The number of benzene rings is 2.